The molecule has 1 aliphatic rings. The Kier molecular flexibility index (Phi) is 4.80. The fourth-order valence-electron chi connectivity index (χ4n) is 2.06. The molecule has 1 aliphatic carbocycles. The van der Waals surface area contributed by atoms with Gasteiger partial charge in [-0.05, 0) is 24.9 Å². The molecule has 0 bridgehead atoms. The molecule has 1 heterocycles. The largest absolute Gasteiger partial charge is 0.493 e. The zero-order valence-corrected chi connectivity index (χ0v) is 10.6. The van der Waals surface area contributed by atoms with Gasteiger partial charge in [-0.3, -0.25) is 4.98 Å². The van der Waals surface area contributed by atoms with E-state index in [4.69, 9.17) is 4.74 Å². The Morgan fingerprint density at radius 1 is 1.47 bits per heavy atom. The highest BCUT2D eigenvalue weighted by Crippen LogP contribution is 2.29. The molecule has 0 aliphatic heterocycles. The summed E-state index contributed by atoms with van der Waals surface area (Å²) in [5, 5.41) is 3.31. The van der Waals surface area contributed by atoms with Crippen LogP contribution in [0.15, 0.2) is 18.5 Å². The molecule has 0 saturated heterocycles. The number of aromatic nitrogens is 1. The van der Waals surface area contributed by atoms with Gasteiger partial charge in [0.1, 0.15) is 5.75 Å². The van der Waals surface area contributed by atoms with Crippen molar-refractivity contribution in [3.63, 3.8) is 0 Å². The first-order valence-electron chi connectivity index (χ1n) is 6.66. The number of hydrogen-bond donors (Lipinski definition) is 1. The van der Waals surface area contributed by atoms with Crippen LogP contribution in [0.5, 0.6) is 5.75 Å². The Morgan fingerprint density at radius 2 is 2.35 bits per heavy atom. The highest BCUT2D eigenvalue weighted by atomic mass is 16.5. The van der Waals surface area contributed by atoms with Crippen LogP contribution in [0, 0.1) is 5.92 Å². The number of ether oxygens (including phenoxy) is 1. The second-order valence-electron chi connectivity index (χ2n) is 4.70. The second-order valence-corrected chi connectivity index (χ2v) is 4.70. The smallest absolute Gasteiger partial charge is 0.126 e. The summed E-state index contributed by atoms with van der Waals surface area (Å²) < 4.78 is 5.86. The molecule has 94 valence electrons. The van der Waals surface area contributed by atoms with E-state index in [2.05, 4.69) is 17.2 Å². The molecule has 2 rings (SSSR count). The van der Waals surface area contributed by atoms with E-state index in [0.29, 0.717) is 0 Å². The molecule has 3 heteroatoms. The lowest BCUT2D eigenvalue weighted by atomic mass is 9.83. The molecular formula is C14H22N2O. The van der Waals surface area contributed by atoms with Crippen LogP contribution < -0.4 is 10.1 Å². The Labute approximate surface area is 104 Å². The molecule has 1 aromatic heterocycles. The zero-order valence-electron chi connectivity index (χ0n) is 10.6. The highest BCUT2D eigenvalue weighted by Gasteiger charge is 2.17. The van der Waals surface area contributed by atoms with Crippen molar-refractivity contribution in [3.05, 3.63) is 24.0 Å². The van der Waals surface area contributed by atoms with Gasteiger partial charge in [-0.1, -0.05) is 26.2 Å². The van der Waals surface area contributed by atoms with E-state index >= 15 is 0 Å². The van der Waals surface area contributed by atoms with Crippen molar-refractivity contribution < 1.29 is 4.74 Å². The quantitative estimate of drug-likeness (QED) is 0.787. The predicted molar refractivity (Wildman–Crippen MR) is 69.1 cm³/mol. The first-order chi connectivity index (χ1) is 8.40. The Morgan fingerprint density at radius 3 is 3.06 bits per heavy atom. The van der Waals surface area contributed by atoms with Gasteiger partial charge in [-0.25, -0.2) is 0 Å². The molecule has 0 amide bonds. The van der Waals surface area contributed by atoms with Gasteiger partial charge >= 0.3 is 0 Å². The van der Waals surface area contributed by atoms with Crippen molar-refractivity contribution >= 4 is 0 Å². The topological polar surface area (TPSA) is 34.2 Å². The predicted octanol–water partition coefficient (Wildman–Crippen LogP) is 2.76. The average molecular weight is 234 g/mol. The molecular weight excluding hydrogens is 212 g/mol. The van der Waals surface area contributed by atoms with E-state index in [0.717, 1.165) is 36.9 Å². The molecule has 0 radical (unpaired) electrons. The minimum absolute atomic E-state index is 0.836. The summed E-state index contributed by atoms with van der Waals surface area (Å²) in [6.45, 7) is 4.75. The van der Waals surface area contributed by atoms with Crippen molar-refractivity contribution in [2.45, 2.75) is 39.2 Å². The molecule has 3 nitrogen and oxygen atoms in total. The molecule has 1 aromatic rings. The van der Waals surface area contributed by atoms with Crippen LogP contribution in [0.25, 0.3) is 0 Å². The molecule has 0 unspecified atom stereocenters. The fraction of sp³-hybridized carbons (Fsp3) is 0.643. The van der Waals surface area contributed by atoms with Gasteiger partial charge in [0.15, 0.2) is 0 Å². The van der Waals surface area contributed by atoms with E-state index < -0.39 is 0 Å². The van der Waals surface area contributed by atoms with E-state index in [1.807, 2.05) is 12.3 Å². The summed E-state index contributed by atoms with van der Waals surface area (Å²) in [6.07, 6.45) is 9.08. The number of hydrogen-bond acceptors (Lipinski definition) is 3. The highest BCUT2D eigenvalue weighted by molar-refractivity contribution is 5.29. The molecule has 1 N–H and O–H groups in total. The third-order valence-corrected chi connectivity index (χ3v) is 3.43. The van der Waals surface area contributed by atoms with E-state index in [-0.39, 0.29) is 0 Å². The van der Waals surface area contributed by atoms with Crippen LogP contribution in [-0.4, -0.2) is 18.1 Å². The monoisotopic (exact) mass is 234 g/mol. The first kappa shape index (κ1) is 12.4. The molecule has 1 fully saturated rings. The van der Waals surface area contributed by atoms with E-state index in [9.17, 15) is 0 Å². The summed E-state index contributed by atoms with van der Waals surface area (Å²) in [4.78, 5) is 4.15. The van der Waals surface area contributed by atoms with Crippen molar-refractivity contribution in [1.82, 2.24) is 10.3 Å². The standard InChI is InChI=1S/C14H22N2O/c1-2-15-10-13-11-16-8-6-14(13)17-9-7-12-4-3-5-12/h6,8,11-12,15H,2-5,7,9-10H2,1H3. The molecule has 0 spiro atoms. The number of rotatable bonds is 7. The number of nitrogens with one attached hydrogen (secondary N) is 1. The minimum atomic E-state index is 0.836. The number of pyridine rings is 1. The fourth-order valence-corrected chi connectivity index (χ4v) is 2.06. The van der Waals surface area contributed by atoms with Crippen LogP contribution in [-0.2, 0) is 6.54 Å². The number of nitrogens with zero attached hydrogens (tertiary/aromatic N) is 1. The SMILES string of the molecule is CCNCc1cnccc1OCCC1CCC1. The average Bonchev–Trinajstić information content (AvgIpc) is 2.31. The third kappa shape index (κ3) is 3.70. The third-order valence-electron chi connectivity index (χ3n) is 3.43. The second kappa shape index (κ2) is 6.60. The van der Waals surface area contributed by atoms with Crippen molar-refractivity contribution in [3.8, 4) is 5.75 Å². The minimum Gasteiger partial charge on any atom is -0.493 e. The maximum Gasteiger partial charge on any atom is 0.126 e. The van der Waals surface area contributed by atoms with Gasteiger partial charge in [0.2, 0.25) is 0 Å². The first-order valence-corrected chi connectivity index (χ1v) is 6.66. The van der Waals surface area contributed by atoms with Gasteiger partial charge in [0, 0.05) is 24.5 Å². The summed E-state index contributed by atoms with van der Waals surface area (Å²) in [7, 11) is 0. The Hall–Kier alpha value is -1.09. The van der Waals surface area contributed by atoms with Gasteiger partial charge < -0.3 is 10.1 Å². The summed E-state index contributed by atoms with van der Waals surface area (Å²) in [5.41, 5.74) is 1.16. The molecule has 0 aromatic carbocycles. The maximum absolute atomic E-state index is 5.86. The zero-order chi connectivity index (χ0) is 11.9. The normalized spacial score (nSPS) is 15.6. The van der Waals surface area contributed by atoms with Crippen LogP contribution in [0.1, 0.15) is 38.2 Å². The van der Waals surface area contributed by atoms with Crippen molar-refractivity contribution in [2.75, 3.05) is 13.2 Å². The van der Waals surface area contributed by atoms with Crippen LogP contribution >= 0.6 is 0 Å². The van der Waals surface area contributed by atoms with E-state index in [1.165, 1.54) is 25.7 Å². The van der Waals surface area contributed by atoms with Gasteiger partial charge in [-0.2, -0.15) is 0 Å². The van der Waals surface area contributed by atoms with Gasteiger partial charge in [0.25, 0.3) is 0 Å². The van der Waals surface area contributed by atoms with E-state index in [1.54, 1.807) is 6.20 Å². The molecule has 17 heavy (non-hydrogen) atoms. The summed E-state index contributed by atoms with van der Waals surface area (Å²) >= 11 is 0. The summed E-state index contributed by atoms with van der Waals surface area (Å²) in [6, 6.07) is 1.97. The lowest BCUT2D eigenvalue weighted by Gasteiger charge is -2.25. The molecule has 1 saturated carbocycles. The molecule has 0 atom stereocenters. The van der Waals surface area contributed by atoms with Crippen molar-refractivity contribution in [2.24, 2.45) is 5.92 Å². The van der Waals surface area contributed by atoms with Crippen LogP contribution in [0.3, 0.4) is 0 Å². The maximum atomic E-state index is 5.86. The van der Waals surface area contributed by atoms with Crippen LogP contribution in [0.4, 0.5) is 0 Å². The lowest BCUT2D eigenvalue weighted by Crippen LogP contribution is -2.16. The van der Waals surface area contributed by atoms with Gasteiger partial charge in [-0.15, -0.1) is 0 Å². The summed E-state index contributed by atoms with van der Waals surface area (Å²) in [5.74, 6) is 1.90. The Bertz CT molecular complexity index is 337. The van der Waals surface area contributed by atoms with Crippen LogP contribution in [0.2, 0.25) is 0 Å². The van der Waals surface area contributed by atoms with Gasteiger partial charge in [0.05, 0.1) is 6.61 Å². The lowest BCUT2D eigenvalue weighted by molar-refractivity contribution is 0.220. The Balaban J connectivity index is 1.80. The van der Waals surface area contributed by atoms with Crippen molar-refractivity contribution in [1.29, 1.82) is 0 Å².